The minimum Gasteiger partial charge on any atom is -0.458 e. The molecule has 1 aliphatic carbocycles. The summed E-state index contributed by atoms with van der Waals surface area (Å²) in [6.45, 7) is 11.8. The Balaban J connectivity index is 1.92. The number of imide groups is 1. The molecule has 1 aromatic carbocycles. The molecule has 2 aliphatic rings. The topological polar surface area (TPSA) is 101 Å². The van der Waals surface area contributed by atoms with E-state index in [4.69, 9.17) is 23.7 Å². The number of benzene rings is 1. The number of amides is 2. The van der Waals surface area contributed by atoms with E-state index in [-0.39, 0.29) is 25.2 Å². The molecule has 0 aromatic heterocycles. The van der Waals surface area contributed by atoms with E-state index in [9.17, 15) is 14.4 Å². The van der Waals surface area contributed by atoms with E-state index in [1.165, 1.54) is 0 Å². The number of nitrogens with zero attached hydrogens (tertiary/aromatic N) is 1. The van der Waals surface area contributed by atoms with Gasteiger partial charge in [0, 0.05) is 5.92 Å². The van der Waals surface area contributed by atoms with Gasteiger partial charge in [-0.3, -0.25) is 0 Å². The van der Waals surface area contributed by atoms with Crippen molar-refractivity contribution in [2.45, 2.75) is 110 Å². The molecule has 1 aromatic rings. The second-order valence-electron chi connectivity index (χ2n) is 12.5. The number of ether oxygens (including phenoxy) is 5. The van der Waals surface area contributed by atoms with Crippen molar-refractivity contribution in [2.75, 3.05) is 13.2 Å². The summed E-state index contributed by atoms with van der Waals surface area (Å²) in [7, 11) is 0. The number of esters is 1. The van der Waals surface area contributed by atoms with Gasteiger partial charge in [-0.2, -0.15) is 4.90 Å². The maximum Gasteiger partial charge on any atom is 0.420 e. The highest BCUT2D eigenvalue weighted by Crippen LogP contribution is 2.28. The fraction of sp³-hybridized carbons (Fsp3) is 0.645. The summed E-state index contributed by atoms with van der Waals surface area (Å²) in [5.41, 5.74) is -0.732. The van der Waals surface area contributed by atoms with Crippen LogP contribution in [-0.2, 0) is 34.9 Å². The molecule has 1 unspecified atom stereocenters. The average Bonchev–Trinajstić information content (AvgIpc) is 2.89. The Morgan fingerprint density at radius 1 is 0.975 bits per heavy atom. The van der Waals surface area contributed by atoms with E-state index in [1.54, 1.807) is 48.5 Å². The number of hydrogen-bond donors (Lipinski definition) is 0. The predicted molar refractivity (Wildman–Crippen MR) is 150 cm³/mol. The molecule has 1 aliphatic heterocycles. The van der Waals surface area contributed by atoms with Crippen LogP contribution in [0.1, 0.15) is 73.3 Å². The van der Waals surface area contributed by atoms with E-state index in [0.717, 1.165) is 24.8 Å². The van der Waals surface area contributed by atoms with Crippen LogP contribution in [0, 0.1) is 5.92 Å². The van der Waals surface area contributed by atoms with Gasteiger partial charge in [-0.05, 0) is 79.7 Å². The van der Waals surface area contributed by atoms with Gasteiger partial charge in [-0.25, -0.2) is 14.4 Å². The van der Waals surface area contributed by atoms with Gasteiger partial charge in [0.1, 0.15) is 23.4 Å². The number of carbonyl (C=O) groups excluding carboxylic acids is 3. The molecular formula is C31H45NO8. The minimum atomic E-state index is -1.40. The van der Waals surface area contributed by atoms with Gasteiger partial charge in [0.2, 0.25) is 0 Å². The Hall–Kier alpha value is -2.91. The molecule has 0 spiro atoms. The molecule has 40 heavy (non-hydrogen) atoms. The fourth-order valence-electron chi connectivity index (χ4n) is 4.75. The molecule has 1 fully saturated rings. The first-order chi connectivity index (χ1) is 18.7. The lowest BCUT2D eigenvalue weighted by Crippen LogP contribution is -2.54. The van der Waals surface area contributed by atoms with Crippen LogP contribution in [0.3, 0.4) is 0 Å². The second kappa shape index (κ2) is 13.6. The molecular weight excluding hydrogens is 514 g/mol. The maximum atomic E-state index is 13.6. The van der Waals surface area contributed by atoms with Crippen molar-refractivity contribution in [3.8, 4) is 0 Å². The van der Waals surface area contributed by atoms with E-state index in [1.807, 2.05) is 30.3 Å². The van der Waals surface area contributed by atoms with Gasteiger partial charge in [0.05, 0.1) is 19.3 Å². The normalized spacial score (nSPS) is 26.1. The van der Waals surface area contributed by atoms with Crippen molar-refractivity contribution in [2.24, 2.45) is 5.92 Å². The third-order valence-electron chi connectivity index (χ3n) is 6.48. The van der Waals surface area contributed by atoms with Crippen molar-refractivity contribution >= 4 is 18.2 Å². The first-order valence-corrected chi connectivity index (χ1v) is 14.1. The van der Waals surface area contributed by atoms with Crippen LogP contribution in [0.25, 0.3) is 0 Å². The van der Waals surface area contributed by atoms with Crippen molar-refractivity contribution in [3.63, 3.8) is 0 Å². The summed E-state index contributed by atoms with van der Waals surface area (Å²) in [6, 6.07) is 8.58. The standard InChI is InChI=1S/C31H45NO8/c1-21-26(38-24-16-12-9-13-17-24)23(18-22-14-10-8-11-15-22)19-36-20-25(27(33)37-21)32(28(34)39-30(2,3)4)29(35)40-31(5,6)7/h8,10-12,14-16,21,23-26H,9,13,17-20H2,1-7H3/t21-,23-,24?,25-,26-/m0/s1. The highest BCUT2D eigenvalue weighted by atomic mass is 16.6. The zero-order chi connectivity index (χ0) is 29.5. The highest BCUT2D eigenvalue weighted by molar-refractivity contribution is 5.94. The summed E-state index contributed by atoms with van der Waals surface area (Å²) in [5.74, 6) is -0.951. The second-order valence-corrected chi connectivity index (χ2v) is 12.5. The van der Waals surface area contributed by atoms with E-state index in [2.05, 4.69) is 12.2 Å². The Bertz CT molecular complexity index is 998. The highest BCUT2D eigenvalue weighted by Gasteiger charge is 2.44. The maximum absolute atomic E-state index is 13.6. The average molecular weight is 560 g/mol. The fourth-order valence-corrected chi connectivity index (χ4v) is 4.75. The predicted octanol–water partition coefficient (Wildman–Crippen LogP) is 5.84. The molecule has 222 valence electrons. The number of cyclic esters (lactones) is 1. The summed E-state index contributed by atoms with van der Waals surface area (Å²) in [6.07, 6.45) is 4.42. The van der Waals surface area contributed by atoms with E-state index < -0.39 is 47.6 Å². The van der Waals surface area contributed by atoms with Gasteiger partial charge in [-0.15, -0.1) is 0 Å². The van der Waals surface area contributed by atoms with Crippen LogP contribution in [0.15, 0.2) is 42.5 Å². The Labute approximate surface area is 238 Å². The molecule has 3 rings (SSSR count). The summed E-state index contributed by atoms with van der Waals surface area (Å²) in [4.78, 5) is 40.7. The van der Waals surface area contributed by atoms with Crippen LogP contribution in [0.5, 0.6) is 0 Å². The smallest absolute Gasteiger partial charge is 0.420 e. The largest absolute Gasteiger partial charge is 0.458 e. The number of rotatable bonds is 5. The van der Waals surface area contributed by atoms with Crippen LogP contribution < -0.4 is 0 Å². The number of allylic oxidation sites excluding steroid dienone is 1. The first-order valence-electron chi connectivity index (χ1n) is 14.1. The molecule has 2 amide bonds. The quantitative estimate of drug-likeness (QED) is 0.252. The third kappa shape index (κ3) is 9.63. The molecule has 5 atom stereocenters. The minimum absolute atomic E-state index is 0.102. The van der Waals surface area contributed by atoms with Crippen molar-refractivity contribution in [1.29, 1.82) is 0 Å². The molecule has 0 N–H and O–H groups in total. The molecule has 0 bridgehead atoms. The van der Waals surface area contributed by atoms with Crippen LogP contribution in [0.4, 0.5) is 9.59 Å². The zero-order valence-electron chi connectivity index (χ0n) is 24.9. The number of carbonyl (C=O) groups is 3. The Morgan fingerprint density at radius 3 is 2.15 bits per heavy atom. The van der Waals surface area contributed by atoms with Gasteiger partial charge < -0.3 is 23.7 Å². The van der Waals surface area contributed by atoms with Gasteiger partial charge >= 0.3 is 18.2 Å². The summed E-state index contributed by atoms with van der Waals surface area (Å²) >= 11 is 0. The Kier molecular flexibility index (Phi) is 10.8. The van der Waals surface area contributed by atoms with Crippen molar-refractivity contribution in [1.82, 2.24) is 4.90 Å². The van der Waals surface area contributed by atoms with E-state index in [0.29, 0.717) is 11.3 Å². The zero-order valence-corrected chi connectivity index (χ0v) is 24.9. The van der Waals surface area contributed by atoms with Crippen molar-refractivity contribution < 1.29 is 38.1 Å². The third-order valence-corrected chi connectivity index (χ3v) is 6.48. The summed E-state index contributed by atoms with van der Waals surface area (Å²) < 4.78 is 29.5. The lowest BCUT2D eigenvalue weighted by molar-refractivity contribution is -0.166. The van der Waals surface area contributed by atoms with E-state index >= 15 is 0 Å². The first kappa shape index (κ1) is 31.6. The van der Waals surface area contributed by atoms with Crippen LogP contribution in [0.2, 0.25) is 0 Å². The molecule has 0 radical (unpaired) electrons. The van der Waals surface area contributed by atoms with Gasteiger partial charge in [0.25, 0.3) is 0 Å². The molecule has 9 heteroatoms. The monoisotopic (exact) mass is 559 g/mol. The molecule has 1 saturated heterocycles. The van der Waals surface area contributed by atoms with Gasteiger partial charge in [0.15, 0.2) is 6.04 Å². The SMILES string of the molecule is C[C@@H]1OC(=O)[C@@H](N(C(=O)OC(C)(C)C)C(=O)OC(C)(C)C)COC[C@H](Cc2ccccc2)[C@H]1OC1C=CCCC1. The molecule has 0 saturated carbocycles. The molecule has 9 nitrogen and oxygen atoms in total. The summed E-state index contributed by atoms with van der Waals surface area (Å²) in [5, 5.41) is 0. The van der Waals surface area contributed by atoms with Gasteiger partial charge in [-0.1, -0.05) is 42.5 Å². The Morgan fingerprint density at radius 2 is 1.60 bits per heavy atom. The van der Waals surface area contributed by atoms with Crippen LogP contribution in [-0.4, -0.2) is 71.8 Å². The number of hydrogen-bond acceptors (Lipinski definition) is 8. The lowest BCUT2D eigenvalue weighted by Gasteiger charge is -2.34. The molecule has 1 heterocycles. The van der Waals surface area contributed by atoms with Crippen LogP contribution >= 0.6 is 0 Å². The van der Waals surface area contributed by atoms with Crippen molar-refractivity contribution in [3.05, 3.63) is 48.0 Å². The lowest BCUT2D eigenvalue weighted by atomic mass is 9.91.